The molecule has 1 N–H and O–H groups in total. The fourth-order valence-electron chi connectivity index (χ4n) is 2.99. The lowest BCUT2D eigenvalue weighted by molar-refractivity contribution is 0.395. The zero-order valence-corrected chi connectivity index (χ0v) is 11.7. The Hall–Kier alpha value is -1.60. The van der Waals surface area contributed by atoms with Gasteiger partial charge in [-0.2, -0.15) is 0 Å². The number of rotatable bonds is 2. The number of fused-ring (bicyclic) bond motifs is 1. The Balaban J connectivity index is 2.05. The SMILES string of the molecule is CC(C)C1NCCc2ccc(-c3ccccc3)cc21. The zero-order valence-electron chi connectivity index (χ0n) is 11.7. The second-order valence-electron chi connectivity index (χ2n) is 5.71. The van der Waals surface area contributed by atoms with Crippen molar-refractivity contribution in [1.82, 2.24) is 5.32 Å². The summed E-state index contributed by atoms with van der Waals surface area (Å²) in [5, 5.41) is 3.65. The molecule has 1 aliphatic heterocycles. The Morgan fingerprint density at radius 1 is 1.00 bits per heavy atom. The molecule has 1 heteroatoms. The van der Waals surface area contributed by atoms with E-state index in [1.165, 1.54) is 22.3 Å². The highest BCUT2D eigenvalue weighted by molar-refractivity contribution is 5.65. The summed E-state index contributed by atoms with van der Waals surface area (Å²) in [5.74, 6) is 0.630. The molecule has 0 saturated heterocycles. The minimum atomic E-state index is 0.493. The van der Waals surface area contributed by atoms with Gasteiger partial charge in [0.05, 0.1) is 0 Å². The summed E-state index contributed by atoms with van der Waals surface area (Å²) >= 11 is 0. The molecule has 0 spiro atoms. The molecule has 0 fully saturated rings. The van der Waals surface area contributed by atoms with Crippen LogP contribution in [0.2, 0.25) is 0 Å². The number of nitrogens with one attached hydrogen (secondary N) is 1. The minimum Gasteiger partial charge on any atom is -0.309 e. The molecule has 0 aliphatic carbocycles. The standard InChI is InChI=1S/C18H21N/c1-13(2)18-17-12-16(14-6-4-3-5-7-14)9-8-15(17)10-11-19-18/h3-9,12-13,18-19H,10-11H2,1-2H3. The van der Waals surface area contributed by atoms with Crippen molar-refractivity contribution in [3.05, 3.63) is 59.7 Å². The molecule has 1 nitrogen and oxygen atoms in total. The molecule has 0 saturated carbocycles. The molecule has 2 aromatic rings. The lowest BCUT2D eigenvalue weighted by Crippen LogP contribution is -2.33. The van der Waals surface area contributed by atoms with E-state index in [9.17, 15) is 0 Å². The van der Waals surface area contributed by atoms with Gasteiger partial charge in [0.1, 0.15) is 0 Å². The Morgan fingerprint density at radius 3 is 2.53 bits per heavy atom. The second kappa shape index (κ2) is 5.18. The van der Waals surface area contributed by atoms with Gasteiger partial charge in [-0.3, -0.25) is 0 Å². The maximum Gasteiger partial charge on any atom is 0.0346 e. The summed E-state index contributed by atoms with van der Waals surface area (Å²) in [4.78, 5) is 0. The van der Waals surface area contributed by atoms with Gasteiger partial charge in [0, 0.05) is 6.04 Å². The molecule has 1 atom stereocenters. The summed E-state index contributed by atoms with van der Waals surface area (Å²) in [5.41, 5.74) is 5.63. The Labute approximate surface area is 115 Å². The monoisotopic (exact) mass is 251 g/mol. The Morgan fingerprint density at radius 2 is 1.79 bits per heavy atom. The Kier molecular flexibility index (Phi) is 3.39. The molecule has 0 radical (unpaired) electrons. The van der Waals surface area contributed by atoms with Crippen molar-refractivity contribution in [3.63, 3.8) is 0 Å². The van der Waals surface area contributed by atoms with Crippen LogP contribution < -0.4 is 5.32 Å². The van der Waals surface area contributed by atoms with E-state index in [4.69, 9.17) is 0 Å². The summed E-state index contributed by atoms with van der Waals surface area (Å²) < 4.78 is 0. The third-order valence-corrected chi connectivity index (χ3v) is 4.01. The van der Waals surface area contributed by atoms with Crippen LogP contribution in [-0.2, 0) is 6.42 Å². The van der Waals surface area contributed by atoms with E-state index in [1.807, 2.05) is 0 Å². The van der Waals surface area contributed by atoms with Crippen LogP contribution in [0.4, 0.5) is 0 Å². The molecule has 0 aromatic heterocycles. The first-order valence-corrected chi connectivity index (χ1v) is 7.17. The molecule has 2 aromatic carbocycles. The van der Waals surface area contributed by atoms with Gasteiger partial charge in [-0.05, 0) is 47.2 Å². The normalized spacial score (nSPS) is 18.4. The van der Waals surface area contributed by atoms with Gasteiger partial charge in [-0.15, -0.1) is 0 Å². The molecule has 98 valence electrons. The van der Waals surface area contributed by atoms with Gasteiger partial charge in [0.2, 0.25) is 0 Å². The average molecular weight is 251 g/mol. The van der Waals surface area contributed by atoms with Crippen molar-refractivity contribution in [2.45, 2.75) is 26.3 Å². The van der Waals surface area contributed by atoms with E-state index in [2.05, 4.69) is 67.7 Å². The highest BCUT2D eigenvalue weighted by Crippen LogP contribution is 2.32. The van der Waals surface area contributed by atoms with Crippen LogP contribution in [0.1, 0.15) is 31.0 Å². The van der Waals surface area contributed by atoms with Gasteiger partial charge < -0.3 is 5.32 Å². The van der Waals surface area contributed by atoms with E-state index in [0.29, 0.717) is 12.0 Å². The van der Waals surface area contributed by atoms with E-state index in [-0.39, 0.29) is 0 Å². The van der Waals surface area contributed by atoms with Crippen LogP contribution in [0, 0.1) is 5.92 Å². The lowest BCUT2D eigenvalue weighted by atomic mass is 9.86. The average Bonchev–Trinajstić information content (AvgIpc) is 2.47. The molecule has 1 unspecified atom stereocenters. The summed E-state index contributed by atoms with van der Waals surface area (Å²) in [6.07, 6.45) is 1.15. The topological polar surface area (TPSA) is 12.0 Å². The first kappa shape index (κ1) is 12.4. The fourth-order valence-corrected chi connectivity index (χ4v) is 2.99. The summed E-state index contributed by atoms with van der Waals surface area (Å²) in [6.45, 7) is 5.68. The lowest BCUT2D eigenvalue weighted by Gasteiger charge is -2.30. The molecular weight excluding hydrogens is 230 g/mol. The van der Waals surface area contributed by atoms with Crippen molar-refractivity contribution in [2.75, 3.05) is 6.54 Å². The van der Waals surface area contributed by atoms with E-state index < -0.39 is 0 Å². The van der Waals surface area contributed by atoms with Crippen LogP contribution in [0.3, 0.4) is 0 Å². The third-order valence-electron chi connectivity index (χ3n) is 4.01. The zero-order chi connectivity index (χ0) is 13.2. The molecule has 1 aliphatic rings. The highest BCUT2D eigenvalue weighted by Gasteiger charge is 2.22. The molecule has 19 heavy (non-hydrogen) atoms. The van der Waals surface area contributed by atoms with Crippen molar-refractivity contribution in [1.29, 1.82) is 0 Å². The molecular formula is C18H21N. The first-order valence-electron chi connectivity index (χ1n) is 7.17. The smallest absolute Gasteiger partial charge is 0.0346 e. The van der Waals surface area contributed by atoms with Crippen LogP contribution in [0.15, 0.2) is 48.5 Å². The molecule has 0 bridgehead atoms. The summed E-state index contributed by atoms with van der Waals surface area (Å²) in [6, 6.07) is 18.1. The van der Waals surface area contributed by atoms with E-state index in [1.54, 1.807) is 0 Å². The van der Waals surface area contributed by atoms with E-state index in [0.717, 1.165) is 13.0 Å². The largest absolute Gasteiger partial charge is 0.309 e. The van der Waals surface area contributed by atoms with Crippen molar-refractivity contribution in [3.8, 4) is 11.1 Å². The minimum absolute atomic E-state index is 0.493. The fraction of sp³-hybridized carbons (Fsp3) is 0.333. The second-order valence-corrected chi connectivity index (χ2v) is 5.71. The van der Waals surface area contributed by atoms with Gasteiger partial charge in [0.25, 0.3) is 0 Å². The quantitative estimate of drug-likeness (QED) is 0.843. The van der Waals surface area contributed by atoms with E-state index >= 15 is 0 Å². The van der Waals surface area contributed by atoms with Gasteiger partial charge in [-0.25, -0.2) is 0 Å². The van der Waals surface area contributed by atoms with Crippen LogP contribution in [0.25, 0.3) is 11.1 Å². The molecule has 3 rings (SSSR count). The first-order chi connectivity index (χ1) is 9.25. The van der Waals surface area contributed by atoms with Crippen LogP contribution in [0.5, 0.6) is 0 Å². The van der Waals surface area contributed by atoms with Crippen molar-refractivity contribution in [2.24, 2.45) is 5.92 Å². The number of benzene rings is 2. The van der Waals surface area contributed by atoms with Crippen LogP contribution >= 0.6 is 0 Å². The number of hydrogen-bond donors (Lipinski definition) is 1. The van der Waals surface area contributed by atoms with Gasteiger partial charge in [0.15, 0.2) is 0 Å². The van der Waals surface area contributed by atoms with Crippen molar-refractivity contribution < 1.29 is 0 Å². The molecule has 0 amide bonds. The highest BCUT2D eigenvalue weighted by atomic mass is 14.9. The van der Waals surface area contributed by atoms with Crippen LogP contribution in [-0.4, -0.2) is 6.54 Å². The predicted molar refractivity (Wildman–Crippen MR) is 81.2 cm³/mol. The maximum atomic E-state index is 3.65. The van der Waals surface area contributed by atoms with Gasteiger partial charge in [-0.1, -0.05) is 56.3 Å². The number of hydrogen-bond acceptors (Lipinski definition) is 1. The summed E-state index contributed by atoms with van der Waals surface area (Å²) in [7, 11) is 0. The Bertz CT molecular complexity index is 557. The molecule has 1 heterocycles. The van der Waals surface area contributed by atoms with Crippen molar-refractivity contribution >= 4 is 0 Å². The van der Waals surface area contributed by atoms with Gasteiger partial charge >= 0.3 is 0 Å². The predicted octanol–water partition coefficient (Wildman–Crippen LogP) is 4.20. The maximum absolute atomic E-state index is 3.65. The third kappa shape index (κ3) is 2.43.